The van der Waals surface area contributed by atoms with Gasteiger partial charge in [0.15, 0.2) is 5.11 Å². The molecule has 2 saturated heterocycles. The minimum absolute atomic E-state index is 0.104. The number of amides is 3. The first-order valence-electron chi connectivity index (χ1n) is 12.6. The summed E-state index contributed by atoms with van der Waals surface area (Å²) in [7, 11) is 1.56. The molecule has 3 amide bonds. The number of hydrogen-bond acceptors (Lipinski definition) is 5. The summed E-state index contributed by atoms with van der Waals surface area (Å²) in [4.78, 5) is 43.5. The maximum absolute atomic E-state index is 13.6. The lowest BCUT2D eigenvalue weighted by Crippen LogP contribution is -2.37. The Morgan fingerprint density at radius 3 is 2.28 bits per heavy atom. The molecule has 0 radical (unpaired) electrons. The lowest BCUT2D eigenvalue weighted by Gasteiger charge is -2.24. The molecule has 0 unspecified atom stereocenters. The van der Waals surface area contributed by atoms with Crippen molar-refractivity contribution in [2.45, 2.75) is 31.8 Å². The lowest BCUT2D eigenvalue weighted by molar-refractivity contribution is -0.124. The largest absolute Gasteiger partial charge is 0.497 e. The lowest BCUT2D eigenvalue weighted by atomic mass is 10.1. The zero-order valence-electron chi connectivity index (χ0n) is 21.3. The van der Waals surface area contributed by atoms with E-state index in [0.29, 0.717) is 30.1 Å². The Morgan fingerprint density at radius 2 is 1.67 bits per heavy atom. The van der Waals surface area contributed by atoms with E-state index in [0.717, 1.165) is 17.7 Å². The zero-order valence-corrected chi connectivity index (χ0v) is 22.1. The van der Waals surface area contributed by atoms with Crippen molar-refractivity contribution in [3.05, 3.63) is 84.2 Å². The molecule has 10 heteroatoms. The van der Waals surface area contributed by atoms with Gasteiger partial charge in [-0.05, 0) is 84.9 Å². The third-order valence-electron chi connectivity index (χ3n) is 6.83. The number of hydrogen-bond donors (Lipinski definition) is 1. The van der Waals surface area contributed by atoms with Crippen LogP contribution in [0.1, 0.15) is 24.8 Å². The van der Waals surface area contributed by atoms with Crippen molar-refractivity contribution in [1.82, 2.24) is 4.90 Å². The average Bonchev–Trinajstić information content (AvgIpc) is 3.46. The number of methoxy groups -OCH3 is 1. The van der Waals surface area contributed by atoms with Gasteiger partial charge in [0.25, 0.3) is 5.91 Å². The molecule has 200 valence electrons. The molecule has 2 fully saturated rings. The van der Waals surface area contributed by atoms with Gasteiger partial charge in [-0.3, -0.25) is 19.3 Å². The van der Waals surface area contributed by atoms with E-state index < -0.39 is 11.9 Å². The Hall–Kier alpha value is -4.31. The number of rotatable bonds is 8. The van der Waals surface area contributed by atoms with E-state index >= 15 is 0 Å². The second-order valence-corrected chi connectivity index (χ2v) is 9.74. The second-order valence-electron chi connectivity index (χ2n) is 9.37. The van der Waals surface area contributed by atoms with Gasteiger partial charge < -0.3 is 19.9 Å². The summed E-state index contributed by atoms with van der Waals surface area (Å²) in [5.74, 6) is -0.386. The molecule has 3 aromatic carbocycles. The van der Waals surface area contributed by atoms with Crippen LogP contribution in [0.15, 0.2) is 72.8 Å². The van der Waals surface area contributed by atoms with Crippen LogP contribution in [0, 0.1) is 5.82 Å². The highest BCUT2D eigenvalue weighted by Gasteiger charge is 2.44. The van der Waals surface area contributed by atoms with E-state index in [4.69, 9.17) is 17.0 Å². The maximum atomic E-state index is 13.6. The van der Waals surface area contributed by atoms with Crippen LogP contribution in [0.2, 0.25) is 0 Å². The highest BCUT2D eigenvalue weighted by molar-refractivity contribution is 7.80. The molecule has 5 rings (SSSR count). The average molecular weight is 547 g/mol. The predicted molar refractivity (Wildman–Crippen MR) is 150 cm³/mol. The highest BCUT2D eigenvalue weighted by atomic mass is 32.1. The predicted octanol–water partition coefficient (Wildman–Crippen LogP) is 4.49. The molecule has 39 heavy (non-hydrogen) atoms. The molecular formula is C29H27FN4O4S. The van der Waals surface area contributed by atoms with Crippen molar-refractivity contribution in [1.29, 1.82) is 0 Å². The van der Waals surface area contributed by atoms with Gasteiger partial charge in [0, 0.05) is 30.9 Å². The Labute approximate surface area is 231 Å². The molecule has 1 atom stereocenters. The summed E-state index contributed by atoms with van der Waals surface area (Å²) in [5, 5.41) is 3.05. The van der Waals surface area contributed by atoms with Gasteiger partial charge >= 0.3 is 0 Å². The van der Waals surface area contributed by atoms with E-state index in [9.17, 15) is 18.8 Å². The van der Waals surface area contributed by atoms with E-state index in [1.54, 1.807) is 41.2 Å². The third kappa shape index (κ3) is 5.61. The summed E-state index contributed by atoms with van der Waals surface area (Å²) in [6.07, 6.45) is 1.25. The Kier molecular flexibility index (Phi) is 7.56. The quantitative estimate of drug-likeness (QED) is 0.420. The minimum atomic E-state index is -0.861. The van der Waals surface area contributed by atoms with Crippen LogP contribution >= 0.6 is 12.2 Å². The standard InChI is InChI=1S/C29H27FN4O4S/c1-38-24-14-8-21(9-15-24)31-26(35)17-25-28(37)34(23-12-6-20(30)7-13-23)29(39)33(25)18-19-4-10-22(11-5-19)32-16-2-3-27(32)36/h4-15,25H,2-3,16-18H2,1H3,(H,31,35)/t25-/m0/s1. The number of halogens is 1. The van der Waals surface area contributed by atoms with Crippen molar-refractivity contribution in [2.75, 3.05) is 28.8 Å². The molecule has 1 N–H and O–H groups in total. The van der Waals surface area contributed by atoms with Gasteiger partial charge in [0.05, 0.1) is 19.2 Å². The van der Waals surface area contributed by atoms with Crippen LogP contribution in [0.4, 0.5) is 21.5 Å². The normalized spacial score (nSPS) is 17.2. The molecule has 8 nitrogen and oxygen atoms in total. The van der Waals surface area contributed by atoms with Gasteiger partial charge in [-0.1, -0.05) is 12.1 Å². The molecule has 0 spiro atoms. The van der Waals surface area contributed by atoms with E-state index in [1.807, 2.05) is 24.3 Å². The van der Waals surface area contributed by atoms with E-state index in [2.05, 4.69) is 5.32 Å². The van der Waals surface area contributed by atoms with Crippen LogP contribution in [-0.4, -0.2) is 47.4 Å². The summed E-state index contributed by atoms with van der Waals surface area (Å²) >= 11 is 5.71. The Morgan fingerprint density at radius 1 is 1.00 bits per heavy atom. The van der Waals surface area contributed by atoms with Crippen molar-refractivity contribution >= 4 is 52.1 Å². The first-order valence-corrected chi connectivity index (χ1v) is 13.0. The first-order chi connectivity index (χ1) is 18.8. The molecule has 0 aromatic heterocycles. The summed E-state index contributed by atoms with van der Waals surface area (Å²) in [6.45, 7) is 0.970. The van der Waals surface area contributed by atoms with E-state index in [1.165, 1.54) is 29.2 Å². The molecule has 2 heterocycles. The van der Waals surface area contributed by atoms with E-state index in [-0.39, 0.29) is 35.8 Å². The molecule has 0 saturated carbocycles. The minimum Gasteiger partial charge on any atom is -0.497 e. The fraction of sp³-hybridized carbons (Fsp3) is 0.241. The van der Waals surface area contributed by atoms with Crippen molar-refractivity contribution in [3.8, 4) is 5.75 Å². The number of nitrogens with one attached hydrogen (secondary N) is 1. The van der Waals surface area contributed by atoms with Gasteiger partial charge in [0.1, 0.15) is 17.6 Å². The molecule has 2 aliphatic heterocycles. The topological polar surface area (TPSA) is 82.2 Å². The summed E-state index contributed by atoms with van der Waals surface area (Å²) in [5.41, 5.74) is 2.69. The number of thiocarbonyl (C=S) groups is 1. The fourth-order valence-electron chi connectivity index (χ4n) is 4.80. The third-order valence-corrected chi connectivity index (χ3v) is 7.25. The van der Waals surface area contributed by atoms with Crippen LogP contribution in [0.3, 0.4) is 0 Å². The molecular weight excluding hydrogens is 519 g/mol. The first kappa shape index (κ1) is 26.3. The van der Waals surface area contributed by atoms with Crippen LogP contribution in [0.25, 0.3) is 0 Å². The number of benzene rings is 3. The molecule has 0 bridgehead atoms. The molecule has 2 aliphatic rings. The maximum Gasteiger partial charge on any atom is 0.256 e. The summed E-state index contributed by atoms with van der Waals surface area (Å²) in [6, 6.07) is 19.1. The van der Waals surface area contributed by atoms with Gasteiger partial charge in [-0.25, -0.2) is 4.39 Å². The van der Waals surface area contributed by atoms with Crippen LogP contribution < -0.4 is 19.9 Å². The zero-order chi connectivity index (χ0) is 27.5. The smallest absolute Gasteiger partial charge is 0.256 e. The van der Waals surface area contributed by atoms with Crippen LogP contribution in [0.5, 0.6) is 5.75 Å². The number of carbonyl (C=O) groups excluding carboxylic acids is 3. The Bertz CT molecular complexity index is 1400. The number of ether oxygens (including phenoxy) is 1. The highest BCUT2D eigenvalue weighted by Crippen LogP contribution is 2.30. The number of carbonyl (C=O) groups is 3. The van der Waals surface area contributed by atoms with Crippen molar-refractivity contribution < 1.29 is 23.5 Å². The SMILES string of the molecule is COc1ccc(NC(=O)C[C@H]2C(=O)N(c3ccc(F)cc3)C(=S)N2Cc2ccc(N3CCCC3=O)cc2)cc1. The monoisotopic (exact) mass is 546 g/mol. The van der Waals surface area contributed by atoms with Crippen molar-refractivity contribution in [3.63, 3.8) is 0 Å². The van der Waals surface area contributed by atoms with Crippen LogP contribution in [-0.2, 0) is 20.9 Å². The Balaban J connectivity index is 1.37. The number of nitrogens with zero attached hydrogens (tertiary/aromatic N) is 3. The number of anilines is 3. The van der Waals surface area contributed by atoms with Gasteiger partial charge in [-0.15, -0.1) is 0 Å². The second kappa shape index (κ2) is 11.2. The van der Waals surface area contributed by atoms with Gasteiger partial charge in [0.2, 0.25) is 11.8 Å². The van der Waals surface area contributed by atoms with Gasteiger partial charge in [-0.2, -0.15) is 0 Å². The summed E-state index contributed by atoms with van der Waals surface area (Å²) < 4.78 is 18.7. The fourth-order valence-corrected chi connectivity index (χ4v) is 5.19. The molecule has 0 aliphatic carbocycles. The molecule has 3 aromatic rings. The van der Waals surface area contributed by atoms with Crippen molar-refractivity contribution in [2.24, 2.45) is 0 Å².